The van der Waals surface area contributed by atoms with E-state index in [1.54, 1.807) is 18.0 Å². The molecule has 1 unspecified atom stereocenters. The maximum Gasteiger partial charge on any atom is 0.177 e. The molecule has 1 aliphatic rings. The molecule has 0 aliphatic carbocycles. The van der Waals surface area contributed by atoms with Crippen LogP contribution in [-0.4, -0.2) is 27.3 Å². The first-order valence-electron chi connectivity index (χ1n) is 8.40. The molecule has 0 saturated carbocycles. The molecule has 2 aromatic rings. The van der Waals surface area contributed by atoms with Gasteiger partial charge in [0.1, 0.15) is 6.16 Å². The summed E-state index contributed by atoms with van der Waals surface area (Å²) in [5.74, 6) is 1.25. The maximum absolute atomic E-state index is 12.6. The summed E-state index contributed by atoms with van der Waals surface area (Å²) in [5, 5.41) is 6.66. The average Bonchev–Trinajstić information content (AvgIpc) is 2.66. The van der Waals surface area contributed by atoms with E-state index < -0.39 is 0 Å². The third-order valence-corrected chi connectivity index (χ3v) is 6.82. The van der Waals surface area contributed by atoms with Crippen LogP contribution in [0, 0.1) is 0 Å². The van der Waals surface area contributed by atoms with Gasteiger partial charge in [0.25, 0.3) is 0 Å². The van der Waals surface area contributed by atoms with Crippen molar-refractivity contribution < 1.29 is 4.79 Å². The van der Waals surface area contributed by atoms with Gasteiger partial charge in [-0.1, -0.05) is 75.6 Å². The lowest BCUT2D eigenvalue weighted by molar-refractivity contribution is -0.112. The Kier molecular flexibility index (Phi) is 8.12. The zero-order chi connectivity index (χ0) is 20.1. The molecule has 0 spiro atoms. The molecule has 0 bridgehead atoms. The second-order valence-corrected chi connectivity index (χ2v) is 16.2. The van der Waals surface area contributed by atoms with Gasteiger partial charge in [-0.2, -0.15) is 0 Å². The van der Waals surface area contributed by atoms with E-state index in [9.17, 15) is 4.79 Å². The van der Waals surface area contributed by atoms with E-state index in [0.717, 1.165) is 28.3 Å². The third kappa shape index (κ3) is 5.87. The Labute approximate surface area is 204 Å². The normalized spacial score (nSPS) is 14.8. The number of pyridine rings is 1. The number of para-hydroxylation sites is 1. The van der Waals surface area contributed by atoms with Crippen molar-refractivity contribution in [2.24, 2.45) is 0 Å². The highest BCUT2D eigenvalue weighted by Gasteiger charge is 2.26. The Morgan fingerprint density at radius 2 is 2.00 bits per heavy atom. The largest absolute Gasteiger partial charge is 0.383 e. The lowest BCUT2D eigenvalue weighted by atomic mass is 10.1. The molecule has 1 aliphatic heterocycles. The van der Waals surface area contributed by atoms with E-state index >= 15 is 0 Å². The topological polar surface area (TPSA) is 54.0 Å². The third-order valence-electron chi connectivity index (χ3n) is 4.08. The summed E-state index contributed by atoms with van der Waals surface area (Å²) in [4.78, 5) is 17.3. The van der Waals surface area contributed by atoms with Crippen molar-refractivity contribution in [2.75, 3.05) is 16.8 Å². The first-order valence-corrected chi connectivity index (χ1v) is 12.7. The first-order chi connectivity index (χ1) is 13.4. The summed E-state index contributed by atoms with van der Waals surface area (Å²) < 4.78 is -0.140. The number of benzene rings is 1. The van der Waals surface area contributed by atoms with Gasteiger partial charge in [-0.25, -0.2) is 0 Å². The van der Waals surface area contributed by atoms with Crippen LogP contribution in [-0.2, 0) is 12.5 Å². The van der Waals surface area contributed by atoms with Crippen molar-refractivity contribution in [1.82, 2.24) is 10.3 Å². The van der Waals surface area contributed by atoms with Gasteiger partial charge >= 0.3 is 0 Å². The van der Waals surface area contributed by atoms with Crippen LogP contribution in [0.3, 0.4) is 0 Å². The summed E-state index contributed by atoms with van der Waals surface area (Å²) in [5.41, 5.74) is 4.63. The Morgan fingerprint density at radius 1 is 1.25 bits per heavy atom. The van der Waals surface area contributed by atoms with Crippen LogP contribution in [0.2, 0.25) is 0 Å². The number of rotatable bonds is 6. The Hall–Kier alpha value is -0.290. The summed E-state index contributed by atoms with van der Waals surface area (Å²) >= 11 is 11.9. The lowest BCUT2D eigenvalue weighted by Crippen LogP contribution is -2.31. The maximum atomic E-state index is 12.6. The van der Waals surface area contributed by atoms with E-state index in [2.05, 4.69) is 70.0 Å². The lowest BCUT2D eigenvalue weighted by Gasteiger charge is -2.23. The molecule has 0 fully saturated rings. The quantitative estimate of drug-likeness (QED) is 0.198. The molecule has 1 aromatic heterocycles. The van der Waals surface area contributed by atoms with Crippen LogP contribution in [0.1, 0.15) is 11.1 Å². The number of Topliss-reactive ketones (excluding diaryl/α,β-unsaturated/α-hetero) is 1. The van der Waals surface area contributed by atoms with Gasteiger partial charge in [-0.3, -0.25) is 9.78 Å². The van der Waals surface area contributed by atoms with E-state index in [1.807, 2.05) is 42.6 Å². The Balaban J connectivity index is 1.83. The molecular weight excluding hydrogens is 635 g/mol. The molecule has 0 radical (unpaired) electrons. The number of hydrogen-bond donors (Lipinski definition) is 2. The monoisotopic (exact) mass is 653 g/mol. The summed E-state index contributed by atoms with van der Waals surface area (Å²) in [7, 11) is 2.83. The van der Waals surface area contributed by atoms with Crippen LogP contribution in [0.4, 0.5) is 5.69 Å². The molecule has 2 heterocycles. The minimum atomic E-state index is -0.140. The minimum Gasteiger partial charge on any atom is -0.383 e. The number of nitrogens with one attached hydrogen (secondary N) is 2. The number of ketones is 1. The average molecular weight is 653 g/mol. The number of thiocarbonyl (C=S) groups is 1. The van der Waals surface area contributed by atoms with Crippen molar-refractivity contribution in [3.8, 4) is 0 Å². The predicted octanol–water partition coefficient (Wildman–Crippen LogP) is 5.04. The summed E-state index contributed by atoms with van der Waals surface area (Å²) in [6.45, 7) is 0.612. The number of alkyl halides is 2. The van der Waals surface area contributed by atoms with Crippen LogP contribution < -0.4 is 10.6 Å². The first kappa shape index (κ1) is 22.4. The number of thioether (sulfide) groups is 1. The molecule has 1 aromatic carbocycles. The molecule has 28 heavy (non-hydrogen) atoms. The van der Waals surface area contributed by atoms with Crippen molar-refractivity contribution in [1.29, 1.82) is 0 Å². The highest BCUT2D eigenvalue weighted by Crippen LogP contribution is 2.46. The van der Waals surface area contributed by atoms with Gasteiger partial charge in [0.05, 0.1) is 11.3 Å². The zero-order valence-electron chi connectivity index (χ0n) is 14.7. The van der Waals surface area contributed by atoms with Crippen LogP contribution in [0.25, 0.3) is 0 Å². The van der Waals surface area contributed by atoms with E-state index in [1.165, 1.54) is 0 Å². The molecule has 3 rings (SSSR count). The van der Waals surface area contributed by atoms with Crippen molar-refractivity contribution in [3.05, 3.63) is 71.2 Å². The smallest absolute Gasteiger partial charge is 0.177 e. The van der Waals surface area contributed by atoms with Gasteiger partial charge in [0, 0.05) is 41.6 Å². The fourth-order valence-corrected chi connectivity index (χ4v) is 5.22. The second kappa shape index (κ2) is 10.1. The number of hydrogen-bond acceptors (Lipinski definition) is 5. The van der Waals surface area contributed by atoms with Gasteiger partial charge < -0.3 is 10.6 Å². The van der Waals surface area contributed by atoms with Crippen molar-refractivity contribution in [2.45, 2.75) is 7.71 Å². The van der Waals surface area contributed by atoms with Crippen molar-refractivity contribution in [3.63, 3.8) is 0 Å². The molecule has 4 nitrogen and oxygen atoms in total. The fourth-order valence-electron chi connectivity index (χ4n) is 2.76. The number of halogens is 2. The molecular formula is C19H18I2N3OPS2. The van der Waals surface area contributed by atoms with Crippen LogP contribution in [0.15, 0.2) is 60.1 Å². The number of carbonyl (C=O) groups excluding carboxylic acids is 1. The van der Waals surface area contributed by atoms with Crippen LogP contribution >= 0.6 is 78.4 Å². The molecule has 9 heteroatoms. The second-order valence-electron chi connectivity index (χ2n) is 6.10. The zero-order valence-corrected chi connectivity index (χ0v) is 21.8. The molecule has 1 atom stereocenters. The number of anilines is 1. The Bertz CT molecular complexity index is 917. The van der Waals surface area contributed by atoms with Gasteiger partial charge in [0.2, 0.25) is 0 Å². The molecule has 0 saturated heterocycles. The molecule has 0 amide bonds. The highest BCUT2D eigenvalue weighted by molar-refractivity contribution is 14.2. The van der Waals surface area contributed by atoms with E-state index in [-0.39, 0.29) is 6.95 Å². The number of aromatic nitrogens is 1. The minimum absolute atomic E-state index is 0.0605. The highest BCUT2D eigenvalue weighted by atomic mass is 127. The van der Waals surface area contributed by atoms with Gasteiger partial charge in [0.15, 0.2) is 5.78 Å². The summed E-state index contributed by atoms with van der Waals surface area (Å²) in [6.07, 6.45) is 3.68. The predicted molar refractivity (Wildman–Crippen MR) is 143 cm³/mol. The van der Waals surface area contributed by atoms with E-state index in [0.29, 0.717) is 22.9 Å². The number of nitrogens with zero attached hydrogens (tertiary/aromatic N) is 1. The Morgan fingerprint density at radius 3 is 2.71 bits per heavy atom. The number of carbonyl (C=O) groups is 1. The van der Waals surface area contributed by atoms with Crippen LogP contribution in [0.5, 0.6) is 0 Å². The summed E-state index contributed by atoms with van der Waals surface area (Å²) in [6, 6.07) is 11.7. The molecule has 146 valence electrons. The fraction of sp³-hybridized carbons (Fsp3) is 0.211. The molecule has 2 N–H and O–H groups in total. The SMILES string of the molecule is O=C1CSCC(NCc2ccncc2C(P)(I)I)=C1C(=S)Nc1ccccc1. The van der Waals surface area contributed by atoms with Crippen molar-refractivity contribution >= 4 is 94.9 Å². The standard InChI is InChI=1S/C19H18I2N3OPS2/c20-19(21,26)14-9-22-7-6-12(14)8-23-15-10-28-11-16(25)17(15)18(27)24-13-4-2-1-3-5-13/h1-7,9,23H,8,10-11,26H2,(H,24,27). The van der Waals surface area contributed by atoms with Gasteiger partial charge in [-0.15, -0.1) is 21.0 Å². The van der Waals surface area contributed by atoms with Gasteiger partial charge in [-0.05, 0) is 23.8 Å². The van der Waals surface area contributed by atoms with E-state index in [4.69, 9.17) is 12.2 Å².